The highest BCUT2D eigenvalue weighted by Crippen LogP contribution is 2.23. The summed E-state index contributed by atoms with van der Waals surface area (Å²) < 4.78 is 37.0. The molecule has 0 unspecified atom stereocenters. The molecule has 0 aliphatic heterocycles. The molecule has 0 amide bonds. The van der Waals surface area contributed by atoms with Crippen LogP contribution >= 0.6 is 22.9 Å². The zero-order chi connectivity index (χ0) is 19.3. The molecular weight excluding hydrogens is 412 g/mol. The lowest BCUT2D eigenvalue weighted by molar-refractivity contribution is -0.144. The van der Waals surface area contributed by atoms with Gasteiger partial charge in [0.15, 0.2) is 0 Å². The fraction of sp³-hybridized carbons (Fsp3) is 0.176. The molecule has 2 aromatic heterocycles. The van der Waals surface area contributed by atoms with E-state index in [4.69, 9.17) is 20.8 Å². The van der Waals surface area contributed by atoms with E-state index in [1.165, 1.54) is 35.8 Å². The topological polar surface area (TPSA) is 98.5 Å². The van der Waals surface area contributed by atoms with Crippen molar-refractivity contribution in [3.05, 3.63) is 58.8 Å². The van der Waals surface area contributed by atoms with Crippen molar-refractivity contribution in [3.8, 4) is 10.8 Å². The van der Waals surface area contributed by atoms with Crippen molar-refractivity contribution >= 4 is 38.9 Å². The zero-order valence-electron chi connectivity index (χ0n) is 13.9. The number of carbonyl (C=O) groups is 1. The van der Waals surface area contributed by atoms with Crippen LogP contribution in [0.15, 0.2) is 57.4 Å². The number of nitrogens with one attached hydrogen (secondary N) is 1. The molecule has 0 saturated carbocycles. The Bertz CT molecular complexity index is 1020. The molecule has 3 aromatic rings. The number of nitrogens with zero attached hydrogens (tertiary/aromatic N) is 1. The minimum absolute atomic E-state index is 0.0343. The third-order valence-electron chi connectivity index (χ3n) is 3.39. The van der Waals surface area contributed by atoms with Crippen LogP contribution < -0.4 is 4.72 Å². The average Bonchev–Trinajstić information content (AvgIpc) is 3.31. The summed E-state index contributed by atoms with van der Waals surface area (Å²) >= 11 is 7.28. The van der Waals surface area contributed by atoms with Gasteiger partial charge in [0.25, 0.3) is 0 Å². The Hall–Kier alpha value is -2.20. The van der Waals surface area contributed by atoms with E-state index in [9.17, 15) is 13.2 Å². The number of oxazole rings is 1. The summed E-state index contributed by atoms with van der Waals surface area (Å²) in [5.74, 6) is -0.0881. The Labute approximate surface area is 165 Å². The summed E-state index contributed by atoms with van der Waals surface area (Å²) in [6, 6.07) is 9.62. The number of aromatic nitrogens is 1. The summed E-state index contributed by atoms with van der Waals surface area (Å²) in [5, 5.41) is 2.22. The Morgan fingerprint density at radius 1 is 1.30 bits per heavy atom. The van der Waals surface area contributed by atoms with Crippen LogP contribution in [0, 0.1) is 0 Å². The number of thiophene rings is 1. The lowest BCUT2D eigenvalue weighted by Crippen LogP contribution is -2.26. The van der Waals surface area contributed by atoms with Crippen molar-refractivity contribution in [2.24, 2.45) is 0 Å². The highest BCUT2D eigenvalue weighted by Gasteiger charge is 2.15. The predicted octanol–water partition coefficient (Wildman–Crippen LogP) is 3.47. The van der Waals surface area contributed by atoms with Crippen LogP contribution in [-0.2, 0) is 26.2 Å². The van der Waals surface area contributed by atoms with Crippen molar-refractivity contribution in [2.75, 3.05) is 6.54 Å². The Kier molecular flexibility index (Phi) is 6.27. The van der Waals surface area contributed by atoms with Gasteiger partial charge < -0.3 is 9.15 Å². The first-order chi connectivity index (χ1) is 12.9. The molecule has 0 aliphatic carbocycles. The maximum Gasteiger partial charge on any atom is 0.307 e. The first kappa shape index (κ1) is 19.6. The number of halogens is 1. The third-order valence-corrected chi connectivity index (χ3v) is 5.94. The van der Waals surface area contributed by atoms with Crippen LogP contribution in [0.5, 0.6) is 0 Å². The van der Waals surface area contributed by atoms with Gasteiger partial charge >= 0.3 is 5.97 Å². The van der Waals surface area contributed by atoms with Gasteiger partial charge in [0.2, 0.25) is 15.9 Å². The van der Waals surface area contributed by atoms with E-state index >= 15 is 0 Å². The maximum atomic E-state index is 12.1. The molecule has 0 saturated heterocycles. The SMILES string of the molecule is O=C(CCNS(=O)(=O)c1cccc(Cl)c1)OCc1coc(-c2cccs2)n1. The van der Waals surface area contributed by atoms with Crippen LogP contribution in [0.4, 0.5) is 0 Å². The molecule has 1 N–H and O–H groups in total. The Balaban J connectivity index is 1.45. The van der Waals surface area contributed by atoms with Crippen molar-refractivity contribution in [1.82, 2.24) is 9.71 Å². The lowest BCUT2D eigenvalue weighted by atomic mass is 10.4. The van der Waals surface area contributed by atoms with Crippen molar-refractivity contribution in [2.45, 2.75) is 17.9 Å². The molecule has 0 bridgehead atoms. The fourth-order valence-electron chi connectivity index (χ4n) is 2.12. The smallest absolute Gasteiger partial charge is 0.307 e. The number of rotatable bonds is 8. The number of hydrogen-bond donors (Lipinski definition) is 1. The summed E-state index contributed by atoms with van der Waals surface area (Å²) in [6.45, 7) is -0.137. The van der Waals surface area contributed by atoms with Gasteiger partial charge in [0, 0.05) is 11.6 Å². The average molecular weight is 427 g/mol. The van der Waals surface area contributed by atoms with Gasteiger partial charge in [0.1, 0.15) is 18.6 Å². The molecule has 0 spiro atoms. The number of sulfonamides is 1. The van der Waals surface area contributed by atoms with Crippen LogP contribution in [0.2, 0.25) is 5.02 Å². The predicted molar refractivity (Wildman–Crippen MR) is 101 cm³/mol. The van der Waals surface area contributed by atoms with Crippen molar-refractivity contribution in [1.29, 1.82) is 0 Å². The molecule has 0 aliphatic rings. The van der Waals surface area contributed by atoms with E-state index in [2.05, 4.69) is 9.71 Å². The van der Waals surface area contributed by atoms with E-state index in [-0.39, 0.29) is 24.5 Å². The lowest BCUT2D eigenvalue weighted by Gasteiger charge is -2.07. The van der Waals surface area contributed by atoms with Gasteiger partial charge in [-0.25, -0.2) is 18.1 Å². The summed E-state index contributed by atoms with van der Waals surface area (Å²) in [5.41, 5.74) is 0.478. The first-order valence-corrected chi connectivity index (χ1v) is 10.6. The first-order valence-electron chi connectivity index (χ1n) is 7.83. The molecule has 1 aromatic carbocycles. The minimum atomic E-state index is -3.74. The molecule has 0 radical (unpaired) electrons. The van der Waals surface area contributed by atoms with Crippen LogP contribution in [0.25, 0.3) is 10.8 Å². The monoisotopic (exact) mass is 426 g/mol. The van der Waals surface area contributed by atoms with Gasteiger partial charge in [-0.1, -0.05) is 23.7 Å². The highest BCUT2D eigenvalue weighted by atomic mass is 35.5. The number of benzene rings is 1. The van der Waals surface area contributed by atoms with Crippen LogP contribution in [-0.4, -0.2) is 25.9 Å². The van der Waals surface area contributed by atoms with Gasteiger partial charge in [-0.15, -0.1) is 11.3 Å². The van der Waals surface area contributed by atoms with Crippen LogP contribution in [0.3, 0.4) is 0 Å². The second-order valence-corrected chi connectivity index (χ2v) is 8.54. The Morgan fingerprint density at radius 3 is 2.89 bits per heavy atom. The summed E-state index contributed by atoms with van der Waals surface area (Å²) in [6.07, 6.45) is 1.31. The quantitative estimate of drug-likeness (QED) is 0.554. The number of carbonyl (C=O) groups excluding carboxylic acids is 1. The second kappa shape index (κ2) is 8.66. The zero-order valence-corrected chi connectivity index (χ0v) is 16.3. The van der Waals surface area contributed by atoms with Gasteiger partial charge in [-0.2, -0.15) is 0 Å². The largest absolute Gasteiger partial charge is 0.459 e. The van der Waals surface area contributed by atoms with E-state index < -0.39 is 16.0 Å². The van der Waals surface area contributed by atoms with E-state index in [0.717, 1.165) is 4.88 Å². The van der Waals surface area contributed by atoms with E-state index in [1.54, 1.807) is 6.07 Å². The van der Waals surface area contributed by atoms with E-state index in [0.29, 0.717) is 16.6 Å². The summed E-state index contributed by atoms with van der Waals surface area (Å²) in [7, 11) is -3.74. The fourth-order valence-corrected chi connectivity index (χ4v) is 4.11. The normalized spacial score (nSPS) is 11.4. The molecule has 0 fully saturated rings. The van der Waals surface area contributed by atoms with Crippen molar-refractivity contribution < 1.29 is 22.4 Å². The Morgan fingerprint density at radius 2 is 2.15 bits per heavy atom. The highest BCUT2D eigenvalue weighted by molar-refractivity contribution is 7.89. The number of esters is 1. The molecule has 142 valence electrons. The van der Waals surface area contributed by atoms with Gasteiger partial charge in [-0.3, -0.25) is 4.79 Å². The summed E-state index contributed by atoms with van der Waals surface area (Å²) in [4.78, 5) is 16.9. The minimum Gasteiger partial charge on any atom is -0.459 e. The molecule has 0 atom stereocenters. The molecule has 27 heavy (non-hydrogen) atoms. The standard InChI is InChI=1S/C17H15ClN2O5S2/c18-12-3-1-4-14(9-12)27(22,23)19-7-6-16(21)24-10-13-11-25-17(20-13)15-5-2-8-26-15/h1-5,8-9,11,19H,6-7,10H2. The molecule has 7 nitrogen and oxygen atoms in total. The third kappa shape index (κ3) is 5.39. The number of hydrogen-bond acceptors (Lipinski definition) is 7. The van der Waals surface area contributed by atoms with Crippen LogP contribution in [0.1, 0.15) is 12.1 Å². The van der Waals surface area contributed by atoms with Gasteiger partial charge in [-0.05, 0) is 29.6 Å². The van der Waals surface area contributed by atoms with Gasteiger partial charge in [0.05, 0.1) is 16.2 Å². The molecular formula is C17H15ClN2O5S2. The van der Waals surface area contributed by atoms with E-state index in [1.807, 2.05) is 17.5 Å². The number of ether oxygens (including phenoxy) is 1. The second-order valence-electron chi connectivity index (χ2n) is 5.39. The molecule has 2 heterocycles. The maximum absolute atomic E-state index is 12.1. The van der Waals surface area contributed by atoms with Crippen molar-refractivity contribution in [3.63, 3.8) is 0 Å². The molecule has 10 heteroatoms. The molecule has 3 rings (SSSR count).